The summed E-state index contributed by atoms with van der Waals surface area (Å²) in [5.41, 5.74) is 3.80. The first-order chi connectivity index (χ1) is 19.3. The molecule has 2 aliphatic heterocycles. The maximum atomic E-state index is 14.1. The van der Waals surface area contributed by atoms with E-state index in [1.54, 1.807) is 28.3 Å². The quantitative estimate of drug-likeness (QED) is 0.478. The van der Waals surface area contributed by atoms with Crippen LogP contribution < -0.4 is 4.74 Å². The van der Waals surface area contributed by atoms with E-state index in [1.807, 2.05) is 23.7 Å². The van der Waals surface area contributed by atoms with Crippen LogP contribution in [0.3, 0.4) is 0 Å². The Labute approximate surface area is 236 Å². The smallest absolute Gasteiger partial charge is 0.307 e. The third kappa shape index (κ3) is 4.68. The highest BCUT2D eigenvalue weighted by molar-refractivity contribution is 6.31. The molecule has 1 N–H and O–H groups in total. The number of carbonyl (C=O) groups excluding carboxylic acids is 2. The van der Waals surface area contributed by atoms with Gasteiger partial charge in [-0.1, -0.05) is 24.4 Å². The van der Waals surface area contributed by atoms with E-state index >= 15 is 0 Å². The molecule has 3 aliphatic rings. The first kappa shape index (κ1) is 26.6. The number of nitrogens with zero attached hydrogens (tertiary/aromatic N) is 5. The van der Waals surface area contributed by atoms with Crippen molar-refractivity contribution in [1.29, 1.82) is 0 Å². The number of aliphatic carboxylic acids is 1. The van der Waals surface area contributed by atoms with Gasteiger partial charge < -0.3 is 24.2 Å². The zero-order valence-electron chi connectivity index (χ0n) is 22.4. The van der Waals surface area contributed by atoms with Gasteiger partial charge in [0.25, 0.3) is 0 Å². The van der Waals surface area contributed by atoms with E-state index in [0.717, 1.165) is 29.6 Å². The van der Waals surface area contributed by atoms with Gasteiger partial charge >= 0.3 is 5.97 Å². The van der Waals surface area contributed by atoms with Crippen LogP contribution in [-0.4, -0.2) is 60.3 Å². The summed E-state index contributed by atoms with van der Waals surface area (Å²) in [5, 5.41) is 10.4. The fourth-order valence-corrected chi connectivity index (χ4v) is 6.74. The Morgan fingerprint density at radius 3 is 2.62 bits per heavy atom. The minimum absolute atomic E-state index is 0.0386. The van der Waals surface area contributed by atoms with Gasteiger partial charge in [-0.3, -0.25) is 14.4 Å². The molecule has 1 aromatic carbocycles. The third-order valence-corrected chi connectivity index (χ3v) is 8.85. The van der Waals surface area contributed by atoms with Crippen LogP contribution in [-0.2, 0) is 34.5 Å². The van der Waals surface area contributed by atoms with E-state index in [4.69, 9.17) is 16.3 Å². The molecular weight excluding hydrogens is 534 g/mol. The zero-order valence-corrected chi connectivity index (χ0v) is 23.1. The lowest BCUT2D eigenvalue weighted by Gasteiger charge is -2.45. The molecule has 11 heteroatoms. The summed E-state index contributed by atoms with van der Waals surface area (Å²) in [6.07, 6.45) is 5.21. The monoisotopic (exact) mass is 565 g/mol. The molecule has 210 valence electrons. The molecule has 2 amide bonds. The Bertz CT molecular complexity index is 1490. The number of hydrogen-bond donors (Lipinski definition) is 1. The Kier molecular flexibility index (Phi) is 7.12. The van der Waals surface area contributed by atoms with Crippen LogP contribution in [0.25, 0.3) is 11.2 Å². The number of carboxylic acid groups (broad SMARTS) is 1. The maximum absolute atomic E-state index is 14.1. The number of carboxylic acids is 1. The predicted octanol–water partition coefficient (Wildman–Crippen LogP) is 4.10. The minimum Gasteiger partial charge on any atom is -0.487 e. The number of amides is 2. The van der Waals surface area contributed by atoms with Gasteiger partial charge in [-0.2, -0.15) is 0 Å². The van der Waals surface area contributed by atoms with Crippen molar-refractivity contribution in [2.45, 2.75) is 57.7 Å². The van der Waals surface area contributed by atoms with Crippen LogP contribution in [0.5, 0.6) is 5.75 Å². The number of rotatable bonds is 6. The molecule has 10 nitrogen and oxygen atoms in total. The summed E-state index contributed by atoms with van der Waals surface area (Å²) >= 11 is 6.69. The van der Waals surface area contributed by atoms with E-state index in [9.17, 15) is 19.5 Å². The Morgan fingerprint density at radius 1 is 1.07 bits per heavy atom. The number of ether oxygens (including phenoxy) is 1. The Balaban J connectivity index is 1.37. The SMILES string of the molecule is Cn1cnc2ccc(COc3ccc(Cl)c4c3C(N3CCCC3=O)N(C(=O)[C@@H]3CCCC[C@@H]3C(=O)O)CC4)nc21. The van der Waals surface area contributed by atoms with Crippen molar-refractivity contribution in [3.05, 3.63) is 52.4 Å². The van der Waals surface area contributed by atoms with Crippen LogP contribution in [0.4, 0.5) is 0 Å². The number of carbonyl (C=O) groups is 3. The number of fused-ring (bicyclic) bond motifs is 2. The number of pyridine rings is 1. The average Bonchev–Trinajstić information content (AvgIpc) is 3.56. The van der Waals surface area contributed by atoms with Gasteiger partial charge in [0.1, 0.15) is 24.0 Å². The molecule has 2 fully saturated rings. The summed E-state index contributed by atoms with van der Waals surface area (Å²) in [5.74, 6) is -1.99. The predicted molar refractivity (Wildman–Crippen MR) is 146 cm³/mol. The van der Waals surface area contributed by atoms with Gasteiger partial charge in [-0.15, -0.1) is 0 Å². The van der Waals surface area contributed by atoms with Crippen LogP contribution in [0, 0.1) is 11.8 Å². The summed E-state index contributed by atoms with van der Waals surface area (Å²) in [6, 6.07) is 7.33. The fraction of sp³-hybridized carbons (Fsp3) is 0.483. The van der Waals surface area contributed by atoms with Gasteiger partial charge in [-0.25, -0.2) is 9.97 Å². The van der Waals surface area contributed by atoms with Crippen molar-refractivity contribution in [1.82, 2.24) is 24.3 Å². The average molecular weight is 566 g/mol. The topological polar surface area (TPSA) is 118 Å². The van der Waals surface area contributed by atoms with Crippen molar-refractivity contribution >= 4 is 40.5 Å². The molecule has 4 heterocycles. The van der Waals surface area contributed by atoms with Gasteiger partial charge in [0, 0.05) is 37.1 Å². The summed E-state index contributed by atoms with van der Waals surface area (Å²) in [4.78, 5) is 51.7. The normalized spacial score (nSPS) is 22.9. The molecule has 0 bridgehead atoms. The molecular formula is C29H32ClN5O5. The minimum atomic E-state index is -0.936. The standard InChI is InChI=1S/C29H32ClN5O5/c1-33-16-31-22-10-8-17(32-26(22)33)15-40-23-11-9-21(30)20-12-14-35(27(25(20)23)34-13-4-7-24(34)36)28(37)18-5-2-3-6-19(18)29(38)39/h8-11,16,18-19,27H,2-7,12-15H2,1H3,(H,38,39)/t18-,19+,27?/m1/s1. The fourth-order valence-electron chi connectivity index (χ4n) is 6.48. The van der Waals surface area contributed by atoms with Gasteiger partial charge in [-0.05, 0) is 55.5 Å². The second-order valence-electron chi connectivity index (χ2n) is 10.9. The zero-order chi connectivity index (χ0) is 28.0. The first-order valence-corrected chi connectivity index (χ1v) is 14.2. The highest BCUT2D eigenvalue weighted by Gasteiger charge is 2.46. The highest BCUT2D eigenvalue weighted by Crippen LogP contribution is 2.45. The number of halogens is 1. The molecule has 0 radical (unpaired) electrons. The molecule has 6 rings (SSSR count). The van der Waals surface area contributed by atoms with Crippen LogP contribution in [0.1, 0.15) is 61.5 Å². The summed E-state index contributed by atoms with van der Waals surface area (Å²) in [7, 11) is 1.88. The first-order valence-electron chi connectivity index (χ1n) is 13.9. The molecule has 1 saturated carbocycles. The van der Waals surface area contributed by atoms with Crippen LogP contribution >= 0.6 is 11.6 Å². The third-order valence-electron chi connectivity index (χ3n) is 8.50. The van der Waals surface area contributed by atoms with Crippen molar-refractivity contribution in [2.75, 3.05) is 13.1 Å². The summed E-state index contributed by atoms with van der Waals surface area (Å²) < 4.78 is 8.19. The van der Waals surface area contributed by atoms with E-state index < -0.39 is 24.0 Å². The van der Waals surface area contributed by atoms with Gasteiger partial charge in [0.15, 0.2) is 5.65 Å². The van der Waals surface area contributed by atoms with E-state index in [-0.39, 0.29) is 18.4 Å². The number of aryl methyl sites for hydroxylation is 1. The second-order valence-corrected chi connectivity index (χ2v) is 11.3. The number of imidazole rings is 1. The number of likely N-dealkylation sites (tertiary alicyclic amines) is 1. The number of hydrogen-bond acceptors (Lipinski definition) is 6. The Morgan fingerprint density at radius 2 is 1.88 bits per heavy atom. The lowest BCUT2D eigenvalue weighted by Crippen LogP contribution is -2.52. The van der Waals surface area contributed by atoms with Crippen LogP contribution in [0.2, 0.25) is 5.02 Å². The van der Waals surface area contributed by atoms with E-state index in [0.29, 0.717) is 67.2 Å². The Hall–Kier alpha value is -3.66. The van der Waals surface area contributed by atoms with Crippen LogP contribution in [0.15, 0.2) is 30.6 Å². The van der Waals surface area contributed by atoms with E-state index in [1.165, 1.54) is 0 Å². The van der Waals surface area contributed by atoms with E-state index in [2.05, 4.69) is 9.97 Å². The molecule has 2 aromatic heterocycles. The highest BCUT2D eigenvalue weighted by atomic mass is 35.5. The molecule has 1 saturated heterocycles. The van der Waals surface area contributed by atoms with Gasteiger partial charge in [0.2, 0.25) is 11.8 Å². The largest absolute Gasteiger partial charge is 0.487 e. The molecule has 3 atom stereocenters. The lowest BCUT2D eigenvalue weighted by atomic mass is 9.78. The van der Waals surface area contributed by atoms with Crippen molar-refractivity contribution in [3.63, 3.8) is 0 Å². The lowest BCUT2D eigenvalue weighted by molar-refractivity contribution is -0.157. The maximum Gasteiger partial charge on any atom is 0.307 e. The number of benzene rings is 1. The molecule has 40 heavy (non-hydrogen) atoms. The molecule has 0 spiro atoms. The molecule has 3 aromatic rings. The second kappa shape index (κ2) is 10.7. The van der Waals surface area contributed by atoms with Crippen molar-refractivity contribution < 1.29 is 24.2 Å². The molecule has 1 aliphatic carbocycles. The summed E-state index contributed by atoms with van der Waals surface area (Å²) in [6.45, 7) is 1.03. The van der Waals surface area contributed by atoms with Gasteiger partial charge in [0.05, 0.1) is 23.9 Å². The van der Waals surface area contributed by atoms with Crippen molar-refractivity contribution in [3.8, 4) is 5.75 Å². The number of aromatic nitrogens is 3. The van der Waals surface area contributed by atoms with Crippen molar-refractivity contribution in [2.24, 2.45) is 18.9 Å². The molecule has 1 unspecified atom stereocenters.